The van der Waals surface area contributed by atoms with Gasteiger partial charge >= 0.3 is 0 Å². The SMILES string of the molecule is COc1ccc(N=C2S[C@H](C(=O)Nc3ccc(Cl)cc3)CC(=O)N2Cc2ccc(OC)c(OC)c2)cc1. The fourth-order valence-corrected chi connectivity index (χ4v) is 4.91. The molecule has 1 aliphatic rings. The lowest BCUT2D eigenvalue weighted by molar-refractivity contribution is -0.129. The lowest BCUT2D eigenvalue weighted by Gasteiger charge is -2.32. The van der Waals surface area contributed by atoms with Crippen molar-refractivity contribution in [1.29, 1.82) is 0 Å². The molecule has 0 radical (unpaired) electrons. The first-order valence-electron chi connectivity index (χ1n) is 11.4. The Morgan fingerprint density at radius 3 is 2.35 bits per heavy atom. The molecule has 1 N–H and O–H groups in total. The van der Waals surface area contributed by atoms with E-state index in [9.17, 15) is 9.59 Å². The van der Waals surface area contributed by atoms with Crippen LogP contribution in [0.1, 0.15) is 12.0 Å². The van der Waals surface area contributed by atoms with Crippen LogP contribution in [0.25, 0.3) is 0 Å². The molecule has 1 heterocycles. The average molecular weight is 540 g/mol. The van der Waals surface area contributed by atoms with E-state index in [1.165, 1.54) is 11.8 Å². The van der Waals surface area contributed by atoms with Crippen LogP contribution in [0.4, 0.5) is 11.4 Å². The smallest absolute Gasteiger partial charge is 0.238 e. The van der Waals surface area contributed by atoms with Crippen molar-refractivity contribution in [2.75, 3.05) is 26.6 Å². The van der Waals surface area contributed by atoms with Crippen LogP contribution in [0.2, 0.25) is 5.02 Å². The Bertz CT molecular complexity index is 1300. The first kappa shape index (κ1) is 26.4. The second kappa shape index (κ2) is 12.0. The van der Waals surface area contributed by atoms with Gasteiger partial charge < -0.3 is 19.5 Å². The van der Waals surface area contributed by atoms with Gasteiger partial charge in [-0.15, -0.1) is 0 Å². The number of thioether (sulfide) groups is 1. The zero-order chi connectivity index (χ0) is 26.4. The van der Waals surface area contributed by atoms with Gasteiger partial charge in [0, 0.05) is 17.1 Å². The number of amides is 2. The summed E-state index contributed by atoms with van der Waals surface area (Å²) in [4.78, 5) is 32.7. The van der Waals surface area contributed by atoms with Gasteiger partial charge in [-0.05, 0) is 66.2 Å². The van der Waals surface area contributed by atoms with Gasteiger partial charge in [0.2, 0.25) is 11.8 Å². The predicted octanol–water partition coefficient (Wildman–Crippen LogP) is 5.53. The Balaban J connectivity index is 1.61. The van der Waals surface area contributed by atoms with E-state index in [1.807, 2.05) is 12.1 Å². The second-order valence-electron chi connectivity index (χ2n) is 8.07. The van der Waals surface area contributed by atoms with Gasteiger partial charge in [0.05, 0.1) is 33.6 Å². The van der Waals surface area contributed by atoms with Gasteiger partial charge in [0.1, 0.15) is 11.0 Å². The number of carbonyl (C=O) groups is 2. The number of halogens is 1. The van der Waals surface area contributed by atoms with E-state index < -0.39 is 5.25 Å². The van der Waals surface area contributed by atoms with E-state index in [1.54, 1.807) is 80.8 Å². The summed E-state index contributed by atoms with van der Waals surface area (Å²) in [5.41, 5.74) is 2.06. The number of nitrogens with one attached hydrogen (secondary N) is 1. The molecule has 3 aromatic carbocycles. The van der Waals surface area contributed by atoms with Crippen LogP contribution in [0, 0.1) is 0 Å². The molecule has 0 unspecified atom stereocenters. The van der Waals surface area contributed by atoms with Crippen LogP contribution < -0.4 is 19.5 Å². The van der Waals surface area contributed by atoms with Crippen LogP contribution in [0.3, 0.4) is 0 Å². The number of methoxy groups -OCH3 is 3. The molecule has 1 atom stereocenters. The predicted molar refractivity (Wildman–Crippen MR) is 146 cm³/mol. The Morgan fingerprint density at radius 2 is 1.70 bits per heavy atom. The highest BCUT2D eigenvalue weighted by Crippen LogP contribution is 2.33. The van der Waals surface area contributed by atoms with Gasteiger partial charge in [0.25, 0.3) is 0 Å². The van der Waals surface area contributed by atoms with Crippen molar-refractivity contribution in [2.45, 2.75) is 18.2 Å². The Labute approximate surface area is 224 Å². The highest BCUT2D eigenvalue weighted by Gasteiger charge is 2.36. The molecule has 1 saturated heterocycles. The van der Waals surface area contributed by atoms with E-state index in [0.717, 1.165) is 5.56 Å². The number of anilines is 1. The van der Waals surface area contributed by atoms with Crippen molar-refractivity contribution < 1.29 is 23.8 Å². The minimum Gasteiger partial charge on any atom is -0.497 e. The van der Waals surface area contributed by atoms with E-state index in [-0.39, 0.29) is 24.8 Å². The van der Waals surface area contributed by atoms with Crippen LogP contribution in [-0.4, -0.2) is 48.5 Å². The molecule has 3 aromatic rings. The monoisotopic (exact) mass is 539 g/mol. The average Bonchev–Trinajstić information content (AvgIpc) is 2.92. The fraction of sp³-hybridized carbons (Fsp3) is 0.222. The van der Waals surface area contributed by atoms with Crippen molar-refractivity contribution in [1.82, 2.24) is 4.90 Å². The Morgan fingerprint density at radius 1 is 1.00 bits per heavy atom. The molecule has 0 saturated carbocycles. The van der Waals surface area contributed by atoms with E-state index in [0.29, 0.717) is 38.8 Å². The van der Waals surface area contributed by atoms with Crippen LogP contribution in [0.5, 0.6) is 17.2 Å². The number of nitrogens with zero attached hydrogens (tertiary/aromatic N) is 2. The van der Waals surface area contributed by atoms with Gasteiger partial charge in [0.15, 0.2) is 16.7 Å². The summed E-state index contributed by atoms with van der Waals surface area (Å²) in [6, 6.07) is 19.5. The van der Waals surface area contributed by atoms with Crippen LogP contribution >= 0.6 is 23.4 Å². The molecule has 1 fully saturated rings. The normalized spacial score (nSPS) is 16.4. The number of hydrogen-bond acceptors (Lipinski definition) is 7. The summed E-state index contributed by atoms with van der Waals surface area (Å²) in [6.45, 7) is 0.257. The lowest BCUT2D eigenvalue weighted by atomic mass is 10.1. The second-order valence-corrected chi connectivity index (χ2v) is 9.67. The number of benzene rings is 3. The molecule has 192 valence electrons. The summed E-state index contributed by atoms with van der Waals surface area (Å²) in [5.74, 6) is 1.35. The number of carbonyl (C=O) groups excluding carboxylic acids is 2. The standard InChI is InChI=1S/C27H26ClN3O5S/c1-34-21-11-9-20(10-12-21)30-27-31(16-17-4-13-22(35-2)23(14-17)36-3)25(32)15-24(37-27)26(33)29-19-7-5-18(28)6-8-19/h4-14,24H,15-16H2,1-3H3,(H,29,33)/t24-/m0/s1. The third-order valence-corrected chi connectivity index (χ3v) is 7.07. The quantitative estimate of drug-likeness (QED) is 0.405. The molecule has 0 aliphatic carbocycles. The van der Waals surface area contributed by atoms with Gasteiger partial charge in [-0.1, -0.05) is 29.4 Å². The molecule has 2 amide bonds. The third-order valence-electron chi connectivity index (χ3n) is 5.63. The van der Waals surface area contributed by atoms with Crippen LogP contribution in [0.15, 0.2) is 71.7 Å². The van der Waals surface area contributed by atoms with Crippen molar-refractivity contribution in [3.05, 3.63) is 77.3 Å². The number of ether oxygens (including phenoxy) is 3. The topological polar surface area (TPSA) is 89.5 Å². The molecule has 0 spiro atoms. The van der Waals surface area contributed by atoms with E-state index in [4.69, 9.17) is 30.8 Å². The highest BCUT2D eigenvalue weighted by molar-refractivity contribution is 8.15. The number of aliphatic imine (C=N–C) groups is 1. The zero-order valence-electron chi connectivity index (χ0n) is 20.6. The van der Waals surface area contributed by atoms with Crippen molar-refractivity contribution in [2.24, 2.45) is 4.99 Å². The summed E-state index contributed by atoms with van der Waals surface area (Å²) in [5, 5.41) is 3.20. The summed E-state index contributed by atoms with van der Waals surface area (Å²) in [6.07, 6.45) is 0.0268. The minimum atomic E-state index is -0.651. The van der Waals surface area contributed by atoms with Crippen molar-refractivity contribution in [3.8, 4) is 17.2 Å². The largest absolute Gasteiger partial charge is 0.497 e. The summed E-state index contributed by atoms with van der Waals surface area (Å²) < 4.78 is 16.0. The Hall–Kier alpha value is -3.69. The molecule has 0 aromatic heterocycles. The third kappa shape index (κ3) is 6.55. The Kier molecular flexibility index (Phi) is 8.58. The number of rotatable bonds is 8. The molecular weight excluding hydrogens is 514 g/mol. The fourth-order valence-electron chi connectivity index (χ4n) is 3.68. The molecule has 8 nitrogen and oxygen atoms in total. The van der Waals surface area contributed by atoms with Gasteiger partial charge in [-0.2, -0.15) is 0 Å². The maximum Gasteiger partial charge on any atom is 0.238 e. The maximum absolute atomic E-state index is 13.3. The number of amidine groups is 1. The summed E-state index contributed by atoms with van der Waals surface area (Å²) in [7, 11) is 4.71. The summed E-state index contributed by atoms with van der Waals surface area (Å²) >= 11 is 7.19. The first-order chi connectivity index (χ1) is 17.9. The maximum atomic E-state index is 13.3. The molecule has 4 rings (SSSR count). The van der Waals surface area contributed by atoms with Crippen molar-refractivity contribution >= 4 is 51.7 Å². The van der Waals surface area contributed by atoms with Crippen molar-refractivity contribution in [3.63, 3.8) is 0 Å². The first-order valence-corrected chi connectivity index (χ1v) is 12.6. The molecule has 0 bridgehead atoms. The minimum absolute atomic E-state index is 0.0268. The number of hydrogen-bond donors (Lipinski definition) is 1. The highest BCUT2D eigenvalue weighted by atomic mass is 35.5. The van der Waals surface area contributed by atoms with Crippen LogP contribution in [-0.2, 0) is 16.1 Å². The molecule has 37 heavy (non-hydrogen) atoms. The van der Waals surface area contributed by atoms with Gasteiger partial charge in [-0.3, -0.25) is 14.5 Å². The molecule has 1 aliphatic heterocycles. The molecular formula is C27H26ClN3O5S. The van der Waals surface area contributed by atoms with E-state index >= 15 is 0 Å². The molecule has 10 heteroatoms. The van der Waals surface area contributed by atoms with E-state index in [2.05, 4.69) is 5.32 Å². The lowest BCUT2D eigenvalue weighted by Crippen LogP contribution is -2.44. The zero-order valence-corrected chi connectivity index (χ0v) is 22.1. The van der Waals surface area contributed by atoms with Gasteiger partial charge in [-0.25, -0.2) is 4.99 Å².